The summed E-state index contributed by atoms with van der Waals surface area (Å²) in [7, 11) is 0. The average molecular weight is 779 g/mol. The van der Waals surface area contributed by atoms with Crippen molar-refractivity contribution in [3.63, 3.8) is 0 Å². The Kier molecular flexibility index (Phi) is 7.33. The maximum Gasteiger partial charge on any atom is 0.325 e. The van der Waals surface area contributed by atoms with Gasteiger partial charge in [0, 0.05) is 15.7 Å². The molecule has 5 nitrogen and oxygen atoms in total. The van der Waals surface area contributed by atoms with E-state index in [2.05, 4.69) is 95.7 Å². The van der Waals surface area contributed by atoms with Crippen molar-refractivity contribution in [2.45, 2.75) is 23.0 Å². The van der Waals surface area contributed by atoms with Crippen LogP contribution in [-0.2, 0) is 4.79 Å². The van der Waals surface area contributed by atoms with E-state index in [4.69, 9.17) is 9.84 Å². The van der Waals surface area contributed by atoms with E-state index in [9.17, 15) is 9.90 Å². The highest BCUT2D eigenvalue weighted by Crippen LogP contribution is 2.39. The predicted octanol–water partition coefficient (Wildman–Crippen LogP) is 4.78. The largest absolute Gasteiger partial charge is 0.506 e. The Labute approximate surface area is 194 Å². The summed E-state index contributed by atoms with van der Waals surface area (Å²) in [6.07, 6.45) is 4.44. The lowest BCUT2D eigenvalue weighted by molar-refractivity contribution is -0.138. The molecular formula is C15H13I4NO4. The predicted molar refractivity (Wildman–Crippen MR) is 126 cm³/mol. The fraction of sp³-hybridized carbons (Fsp3) is 0.267. The smallest absolute Gasteiger partial charge is 0.325 e. The fourth-order valence-corrected chi connectivity index (χ4v) is 6.26. The molecule has 0 saturated heterocycles. The zero-order chi connectivity index (χ0) is 18.1. The second-order valence-corrected chi connectivity index (χ2v) is 10.6. The monoisotopic (exact) mass is 779 g/mol. The van der Waals surface area contributed by atoms with E-state index in [1.807, 2.05) is 12.2 Å². The van der Waals surface area contributed by atoms with Crippen molar-refractivity contribution in [3.05, 3.63) is 40.7 Å². The molecule has 0 fully saturated rings. The van der Waals surface area contributed by atoms with Gasteiger partial charge in [0.2, 0.25) is 0 Å². The van der Waals surface area contributed by atoms with Gasteiger partial charge in [-0.05, 0) is 122 Å². The van der Waals surface area contributed by atoms with Gasteiger partial charge in [-0.15, -0.1) is 0 Å². The van der Waals surface area contributed by atoms with Crippen LogP contribution in [0.25, 0.3) is 0 Å². The number of carboxylic acids is 1. The number of aliphatic carboxylic acids is 1. The van der Waals surface area contributed by atoms with Crippen LogP contribution in [0, 0.1) is 7.14 Å². The number of carbonyl (C=O) groups is 1. The number of allylic oxidation sites excluding steroid dienone is 2. The third kappa shape index (κ3) is 5.49. The summed E-state index contributed by atoms with van der Waals surface area (Å²) in [5.74, 6) is 0.00409. The highest BCUT2D eigenvalue weighted by molar-refractivity contribution is 14.1. The Hall–Kier alpha value is 0.490. The summed E-state index contributed by atoms with van der Waals surface area (Å²) >= 11 is 8.54. The number of hydrogen-bond donors (Lipinski definition) is 3. The van der Waals surface area contributed by atoms with Gasteiger partial charge in [0.15, 0.2) is 3.61 Å². The molecule has 9 heteroatoms. The minimum absolute atomic E-state index is 0.248. The van der Waals surface area contributed by atoms with Crippen LogP contribution < -0.4 is 10.1 Å². The lowest BCUT2D eigenvalue weighted by atomic mass is 10.1. The second-order valence-electron chi connectivity index (χ2n) is 5.20. The van der Waals surface area contributed by atoms with Gasteiger partial charge in [-0.2, -0.15) is 0 Å². The summed E-state index contributed by atoms with van der Waals surface area (Å²) in [6, 6.07) is 2.89. The number of phenols is 1. The number of halogens is 4. The van der Waals surface area contributed by atoms with Crippen molar-refractivity contribution in [2.75, 3.05) is 0 Å². The van der Waals surface area contributed by atoms with E-state index in [0.717, 1.165) is 16.4 Å². The van der Waals surface area contributed by atoms with Gasteiger partial charge in [0.1, 0.15) is 17.5 Å². The minimum Gasteiger partial charge on any atom is -0.506 e. The van der Waals surface area contributed by atoms with E-state index < -0.39 is 15.6 Å². The van der Waals surface area contributed by atoms with Gasteiger partial charge >= 0.3 is 5.97 Å². The molecule has 0 spiro atoms. The number of hydrogen-bond acceptors (Lipinski definition) is 4. The number of phenolic OH excluding ortho intramolecular Hbond substituents is 1. The molecule has 0 heterocycles. The molecule has 2 atom stereocenters. The summed E-state index contributed by atoms with van der Waals surface area (Å²) in [5.41, 5.74) is 0.814. The molecule has 0 saturated carbocycles. The van der Waals surface area contributed by atoms with Crippen LogP contribution in [0.3, 0.4) is 0 Å². The van der Waals surface area contributed by atoms with E-state index in [1.165, 1.54) is 0 Å². The Morgan fingerprint density at radius 2 is 1.92 bits per heavy atom. The second kappa shape index (κ2) is 8.45. The molecule has 24 heavy (non-hydrogen) atoms. The van der Waals surface area contributed by atoms with E-state index in [0.29, 0.717) is 12.2 Å². The lowest BCUT2D eigenvalue weighted by Gasteiger charge is -2.31. The topological polar surface area (TPSA) is 78.8 Å². The Balaban J connectivity index is 2.21. The van der Waals surface area contributed by atoms with Crippen molar-refractivity contribution >= 4 is 96.3 Å². The zero-order valence-electron chi connectivity index (χ0n) is 12.3. The summed E-state index contributed by atoms with van der Waals surface area (Å²) in [6.45, 7) is 1.61. The molecule has 0 aromatic heterocycles. The van der Waals surface area contributed by atoms with Gasteiger partial charge in [0.25, 0.3) is 0 Å². The van der Waals surface area contributed by atoms with Gasteiger partial charge in [0.05, 0.1) is 7.14 Å². The van der Waals surface area contributed by atoms with Gasteiger partial charge in [-0.3, -0.25) is 4.79 Å². The zero-order valence-corrected chi connectivity index (χ0v) is 20.9. The molecule has 0 aliphatic heterocycles. The van der Waals surface area contributed by atoms with Crippen LogP contribution >= 0.6 is 90.4 Å². The van der Waals surface area contributed by atoms with Crippen molar-refractivity contribution < 1.29 is 19.7 Å². The molecule has 130 valence electrons. The first-order valence-corrected chi connectivity index (χ1v) is 11.1. The molecule has 1 aliphatic rings. The number of aromatic hydroxyl groups is 1. The number of rotatable bonds is 5. The molecule has 3 N–H and O–H groups in total. The van der Waals surface area contributed by atoms with Crippen molar-refractivity contribution in [2.24, 2.45) is 0 Å². The normalized spacial score (nSPS) is 21.5. The van der Waals surface area contributed by atoms with E-state index >= 15 is 0 Å². The van der Waals surface area contributed by atoms with Crippen molar-refractivity contribution in [1.82, 2.24) is 5.32 Å². The van der Waals surface area contributed by atoms with Crippen LogP contribution in [-0.4, -0.2) is 25.8 Å². The SMILES string of the molecule is C[C@H](NC1=CC(I)=CC(I)(Oc2cc(I)c(O)c(I)c2)C1)C(=O)O. The molecule has 1 aliphatic carbocycles. The van der Waals surface area contributed by atoms with Gasteiger partial charge in [-0.1, -0.05) is 0 Å². The Morgan fingerprint density at radius 1 is 1.33 bits per heavy atom. The van der Waals surface area contributed by atoms with Crippen molar-refractivity contribution in [3.8, 4) is 11.5 Å². The third-order valence-corrected chi connectivity index (χ3v) is 6.33. The Morgan fingerprint density at radius 3 is 2.46 bits per heavy atom. The number of alkyl halides is 1. The third-order valence-electron chi connectivity index (χ3n) is 3.15. The van der Waals surface area contributed by atoms with Gasteiger partial charge in [-0.25, -0.2) is 0 Å². The molecule has 0 bridgehead atoms. The first kappa shape index (κ1) is 20.8. The van der Waals surface area contributed by atoms with Crippen LogP contribution in [0.5, 0.6) is 11.5 Å². The lowest BCUT2D eigenvalue weighted by Crippen LogP contribution is -2.38. The van der Waals surface area contributed by atoms with Crippen LogP contribution in [0.1, 0.15) is 13.3 Å². The van der Waals surface area contributed by atoms with Crippen molar-refractivity contribution in [1.29, 1.82) is 0 Å². The number of benzene rings is 1. The summed E-state index contributed by atoms with van der Waals surface area (Å²) < 4.78 is 7.94. The van der Waals surface area contributed by atoms with Crippen LogP contribution in [0.2, 0.25) is 0 Å². The van der Waals surface area contributed by atoms with Crippen LogP contribution in [0.15, 0.2) is 33.6 Å². The molecule has 0 radical (unpaired) electrons. The number of nitrogens with one attached hydrogen (secondary N) is 1. The van der Waals surface area contributed by atoms with Crippen LogP contribution in [0.4, 0.5) is 0 Å². The average Bonchev–Trinajstić information content (AvgIpc) is 2.42. The first-order valence-electron chi connectivity index (χ1n) is 6.74. The number of carboxylic acid groups (broad SMARTS) is 1. The fourth-order valence-electron chi connectivity index (χ4n) is 2.07. The highest BCUT2D eigenvalue weighted by atomic mass is 127. The first-order chi connectivity index (χ1) is 11.1. The number of ether oxygens (including phenoxy) is 1. The Bertz CT molecular complexity index is 711. The van der Waals surface area contributed by atoms with E-state index in [-0.39, 0.29) is 5.75 Å². The minimum atomic E-state index is -0.900. The maximum atomic E-state index is 11.0. The summed E-state index contributed by atoms with van der Waals surface area (Å²) in [4.78, 5) is 11.0. The maximum absolute atomic E-state index is 11.0. The summed E-state index contributed by atoms with van der Waals surface area (Å²) in [5, 5.41) is 22.0. The van der Waals surface area contributed by atoms with Gasteiger partial charge < -0.3 is 20.3 Å². The van der Waals surface area contributed by atoms with E-state index in [1.54, 1.807) is 19.1 Å². The molecule has 1 aromatic carbocycles. The molecular weight excluding hydrogens is 766 g/mol. The highest BCUT2D eigenvalue weighted by Gasteiger charge is 2.32. The molecule has 1 unspecified atom stereocenters. The molecule has 2 rings (SSSR count). The quantitative estimate of drug-likeness (QED) is 0.297. The molecule has 1 aromatic rings. The molecule has 0 amide bonds. The standard InChI is InChI=1S/C15H13I4NO4/c1-7(14(22)23)20-9-2-8(16)5-15(19,6-9)24-10-3-11(17)13(21)12(18)4-10/h2-5,7,20-21H,6H2,1H3,(H,22,23)/t7-,15?/m0/s1.